The minimum absolute atomic E-state index is 0.180. The van der Waals surface area contributed by atoms with Crippen molar-refractivity contribution in [2.75, 3.05) is 26.2 Å². The van der Waals surface area contributed by atoms with Gasteiger partial charge in [0.25, 0.3) is 0 Å². The van der Waals surface area contributed by atoms with Gasteiger partial charge in [-0.2, -0.15) is 0 Å². The molecular weight excluding hydrogens is 194 g/mol. The molecule has 15 heavy (non-hydrogen) atoms. The third kappa shape index (κ3) is 4.62. The van der Waals surface area contributed by atoms with E-state index in [9.17, 15) is 4.79 Å². The quantitative estimate of drug-likeness (QED) is 0.702. The zero-order chi connectivity index (χ0) is 11.5. The first kappa shape index (κ1) is 12.5. The molecule has 1 fully saturated rings. The van der Waals surface area contributed by atoms with Crippen LogP contribution in [0.4, 0.5) is 0 Å². The summed E-state index contributed by atoms with van der Waals surface area (Å²) in [6, 6.07) is 0. The monoisotopic (exact) mass is 215 g/mol. The molecule has 1 aliphatic heterocycles. The maximum Gasteiger partial charge on any atom is 0.320 e. The minimum atomic E-state index is -0.410. The van der Waals surface area contributed by atoms with E-state index in [1.54, 1.807) is 0 Å². The fraction of sp³-hybridized carbons (Fsp3) is 0.909. The van der Waals surface area contributed by atoms with Crippen LogP contribution in [-0.4, -0.2) is 47.8 Å². The molecule has 1 heterocycles. The van der Waals surface area contributed by atoms with Crippen molar-refractivity contribution in [1.29, 1.82) is 0 Å². The number of rotatable bonds is 3. The summed E-state index contributed by atoms with van der Waals surface area (Å²) in [6.07, 6.45) is 0.972. The van der Waals surface area contributed by atoms with Crippen LogP contribution in [0.3, 0.4) is 0 Å². The van der Waals surface area contributed by atoms with Crippen molar-refractivity contribution in [2.45, 2.75) is 32.8 Å². The third-order valence-corrected chi connectivity index (χ3v) is 2.40. The van der Waals surface area contributed by atoms with E-state index >= 15 is 0 Å². The lowest BCUT2D eigenvalue weighted by molar-refractivity contribution is -0.155. The van der Waals surface area contributed by atoms with Crippen LogP contribution >= 0.6 is 0 Å². The van der Waals surface area contributed by atoms with E-state index in [1.165, 1.54) is 0 Å². The molecule has 0 spiro atoms. The molecule has 1 N–H and O–H groups in total. The zero-order valence-electron chi connectivity index (χ0n) is 9.82. The van der Waals surface area contributed by atoms with Gasteiger partial charge in [-0.25, -0.2) is 0 Å². The molecule has 1 atom stereocenters. The number of nitrogens with zero attached hydrogens (tertiary/aromatic N) is 1. The first-order valence-electron chi connectivity index (χ1n) is 5.46. The van der Waals surface area contributed by atoms with Gasteiger partial charge in [0.1, 0.15) is 5.60 Å². The molecule has 0 aromatic carbocycles. The third-order valence-electron chi connectivity index (χ3n) is 2.40. The van der Waals surface area contributed by atoms with Crippen molar-refractivity contribution in [2.24, 2.45) is 5.92 Å². The number of aliphatic hydroxyl groups excluding tert-OH is 1. The summed E-state index contributed by atoms with van der Waals surface area (Å²) in [5.41, 5.74) is -0.410. The molecule has 0 bridgehead atoms. The number of likely N-dealkylation sites (tertiary alicyclic amines) is 1. The maximum absolute atomic E-state index is 11.5. The number of aliphatic hydroxyl groups is 1. The van der Waals surface area contributed by atoms with Crippen molar-refractivity contribution in [3.05, 3.63) is 0 Å². The first-order valence-corrected chi connectivity index (χ1v) is 5.46. The second kappa shape index (κ2) is 4.94. The molecule has 0 aliphatic carbocycles. The van der Waals surface area contributed by atoms with Crippen molar-refractivity contribution in [3.8, 4) is 0 Å². The van der Waals surface area contributed by atoms with E-state index in [1.807, 2.05) is 25.7 Å². The average molecular weight is 215 g/mol. The Morgan fingerprint density at radius 3 is 2.67 bits per heavy atom. The van der Waals surface area contributed by atoms with Gasteiger partial charge in [-0.3, -0.25) is 9.69 Å². The molecule has 0 aromatic rings. The molecule has 4 heteroatoms. The van der Waals surface area contributed by atoms with E-state index in [0.717, 1.165) is 19.5 Å². The molecule has 1 aliphatic rings. The number of carbonyl (C=O) groups excluding carboxylic acids is 1. The van der Waals surface area contributed by atoms with Crippen molar-refractivity contribution in [3.63, 3.8) is 0 Å². The Morgan fingerprint density at radius 2 is 2.20 bits per heavy atom. The Hall–Kier alpha value is -0.610. The van der Waals surface area contributed by atoms with Crippen LogP contribution < -0.4 is 0 Å². The topological polar surface area (TPSA) is 49.8 Å². The number of hydrogen-bond acceptors (Lipinski definition) is 4. The van der Waals surface area contributed by atoms with E-state index in [4.69, 9.17) is 9.84 Å². The van der Waals surface area contributed by atoms with Gasteiger partial charge in [-0.15, -0.1) is 0 Å². The Kier molecular flexibility index (Phi) is 4.11. The predicted molar refractivity (Wildman–Crippen MR) is 57.5 cm³/mol. The van der Waals surface area contributed by atoms with Crippen LogP contribution in [-0.2, 0) is 9.53 Å². The number of esters is 1. The molecule has 0 saturated carbocycles. The van der Waals surface area contributed by atoms with Gasteiger partial charge in [0.15, 0.2) is 0 Å². The van der Waals surface area contributed by atoms with Gasteiger partial charge in [0.05, 0.1) is 6.54 Å². The highest BCUT2D eigenvalue weighted by molar-refractivity contribution is 5.72. The summed E-state index contributed by atoms with van der Waals surface area (Å²) >= 11 is 0. The molecule has 1 unspecified atom stereocenters. The summed E-state index contributed by atoms with van der Waals surface area (Å²) in [5.74, 6) is 0.147. The molecule has 0 radical (unpaired) electrons. The fourth-order valence-electron chi connectivity index (χ4n) is 1.76. The van der Waals surface area contributed by atoms with Crippen molar-refractivity contribution in [1.82, 2.24) is 4.90 Å². The maximum atomic E-state index is 11.5. The molecule has 88 valence electrons. The standard InChI is InChI=1S/C11H21NO3/c1-11(2,3)15-10(14)7-12-5-4-9(6-12)8-13/h9,13H,4-8H2,1-3H3. The fourth-order valence-corrected chi connectivity index (χ4v) is 1.76. The molecule has 4 nitrogen and oxygen atoms in total. The summed E-state index contributed by atoms with van der Waals surface area (Å²) in [7, 11) is 0. The Bertz CT molecular complexity index is 222. The van der Waals surface area contributed by atoms with E-state index in [2.05, 4.69) is 0 Å². The van der Waals surface area contributed by atoms with Gasteiger partial charge in [-0.05, 0) is 39.7 Å². The molecule has 0 aromatic heterocycles. The van der Waals surface area contributed by atoms with Crippen molar-refractivity contribution < 1.29 is 14.6 Å². The normalized spacial score (nSPS) is 23.1. The SMILES string of the molecule is CC(C)(C)OC(=O)CN1CCC(CO)C1. The van der Waals surface area contributed by atoms with Crippen LogP contribution in [0.25, 0.3) is 0 Å². The van der Waals surface area contributed by atoms with Gasteiger partial charge in [0, 0.05) is 13.2 Å². The van der Waals surface area contributed by atoms with Gasteiger partial charge < -0.3 is 9.84 Å². The van der Waals surface area contributed by atoms with E-state index in [-0.39, 0.29) is 12.6 Å². The summed E-state index contributed by atoms with van der Waals surface area (Å²) < 4.78 is 5.23. The van der Waals surface area contributed by atoms with E-state index in [0.29, 0.717) is 12.5 Å². The highest BCUT2D eigenvalue weighted by atomic mass is 16.6. The molecule has 1 saturated heterocycles. The van der Waals surface area contributed by atoms with Crippen LogP contribution in [0.15, 0.2) is 0 Å². The van der Waals surface area contributed by atoms with Crippen LogP contribution in [0.5, 0.6) is 0 Å². The van der Waals surface area contributed by atoms with E-state index < -0.39 is 5.60 Å². The highest BCUT2D eigenvalue weighted by Crippen LogP contribution is 2.15. The second-order valence-corrected chi connectivity index (χ2v) is 5.16. The van der Waals surface area contributed by atoms with Crippen LogP contribution in [0.1, 0.15) is 27.2 Å². The van der Waals surface area contributed by atoms with Crippen LogP contribution in [0, 0.1) is 5.92 Å². The second-order valence-electron chi connectivity index (χ2n) is 5.16. The number of hydrogen-bond donors (Lipinski definition) is 1. The Balaban J connectivity index is 2.28. The lowest BCUT2D eigenvalue weighted by Gasteiger charge is -2.22. The highest BCUT2D eigenvalue weighted by Gasteiger charge is 2.25. The number of carbonyl (C=O) groups is 1. The molecular formula is C11H21NO3. The summed E-state index contributed by atoms with van der Waals surface area (Å²) in [5, 5.41) is 8.96. The smallest absolute Gasteiger partial charge is 0.320 e. The average Bonchev–Trinajstić information content (AvgIpc) is 2.48. The predicted octanol–water partition coefficient (Wildman–Crippen LogP) is 0.642. The first-order chi connectivity index (χ1) is 6.90. The van der Waals surface area contributed by atoms with Gasteiger partial charge in [-0.1, -0.05) is 0 Å². The molecule has 0 amide bonds. The lowest BCUT2D eigenvalue weighted by Crippen LogP contribution is -2.33. The van der Waals surface area contributed by atoms with Crippen molar-refractivity contribution >= 4 is 5.97 Å². The van der Waals surface area contributed by atoms with Gasteiger partial charge in [0.2, 0.25) is 0 Å². The molecule has 1 rings (SSSR count). The largest absolute Gasteiger partial charge is 0.459 e. The van der Waals surface area contributed by atoms with Crippen LogP contribution in [0.2, 0.25) is 0 Å². The Morgan fingerprint density at radius 1 is 1.53 bits per heavy atom. The number of ether oxygens (including phenoxy) is 1. The summed E-state index contributed by atoms with van der Waals surface area (Å²) in [6.45, 7) is 7.83. The summed E-state index contributed by atoms with van der Waals surface area (Å²) in [4.78, 5) is 13.5. The minimum Gasteiger partial charge on any atom is -0.459 e. The zero-order valence-corrected chi connectivity index (χ0v) is 9.82. The van der Waals surface area contributed by atoms with Gasteiger partial charge >= 0.3 is 5.97 Å². The Labute approximate surface area is 91.2 Å². The lowest BCUT2D eigenvalue weighted by atomic mass is 10.1.